The van der Waals surface area contributed by atoms with Gasteiger partial charge in [-0.25, -0.2) is 0 Å². The average molecular weight is 657 g/mol. The van der Waals surface area contributed by atoms with Crippen LogP contribution < -0.4 is 4.90 Å². The van der Waals surface area contributed by atoms with Crippen molar-refractivity contribution in [2.75, 3.05) is 4.90 Å². The van der Waals surface area contributed by atoms with Gasteiger partial charge in [-0.1, -0.05) is 80.3 Å². The van der Waals surface area contributed by atoms with E-state index in [4.69, 9.17) is 0 Å². The van der Waals surface area contributed by atoms with Crippen LogP contribution in [0.25, 0.3) is 71.3 Å². The minimum absolute atomic E-state index is 0.317. The molecule has 0 unspecified atom stereocenters. The van der Waals surface area contributed by atoms with Gasteiger partial charge in [-0.15, -0.1) is 0 Å². The lowest BCUT2D eigenvalue weighted by atomic mass is 9.88. The Morgan fingerprint density at radius 1 is 0.725 bits per heavy atom. The van der Waals surface area contributed by atoms with E-state index in [-0.39, 0.29) is 0 Å². The molecule has 3 aromatic heterocycles. The van der Waals surface area contributed by atoms with Gasteiger partial charge in [0.2, 0.25) is 0 Å². The highest BCUT2D eigenvalue weighted by Gasteiger charge is 2.28. The van der Waals surface area contributed by atoms with Crippen LogP contribution in [0.1, 0.15) is 37.3 Å². The number of allylic oxidation sites excluding steroid dienone is 8. The fourth-order valence-corrected chi connectivity index (χ4v) is 8.39. The Bertz CT molecular complexity index is 2820. The number of pyridine rings is 1. The van der Waals surface area contributed by atoms with Crippen molar-refractivity contribution in [1.82, 2.24) is 14.1 Å². The minimum Gasteiger partial charge on any atom is -0.316 e. The highest BCUT2D eigenvalue weighted by Crippen LogP contribution is 2.49. The van der Waals surface area contributed by atoms with Crippen molar-refractivity contribution in [1.29, 1.82) is 0 Å². The number of benzene rings is 5. The van der Waals surface area contributed by atoms with Crippen LogP contribution in [0.2, 0.25) is 0 Å². The first-order valence-electron chi connectivity index (χ1n) is 17.7. The molecular weight excluding hydrogens is 621 g/mol. The molecule has 0 bridgehead atoms. The summed E-state index contributed by atoms with van der Waals surface area (Å²) in [6.45, 7) is 9.23. The van der Waals surface area contributed by atoms with Crippen molar-refractivity contribution in [3.63, 3.8) is 0 Å². The van der Waals surface area contributed by atoms with Crippen LogP contribution in [-0.2, 0) is 0 Å². The van der Waals surface area contributed by atoms with E-state index < -0.39 is 0 Å². The number of rotatable bonds is 2. The van der Waals surface area contributed by atoms with Gasteiger partial charge in [0.1, 0.15) is 0 Å². The van der Waals surface area contributed by atoms with E-state index in [0.717, 1.165) is 40.1 Å². The van der Waals surface area contributed by atoms with Crippen molar-refractivity contribution in [3.05, 3.63) is 170 Å². The van der Waals surface area contributed by atoms with E-state index in [0.29, 0.717) is 5.92 Å². The molecular formula is C47H36N4. The lowest BCUT2D eigenvalue weighted by Gasteiger charge is -2.28. The number of aromatic nitrogens is 3. The second-order valence-electron chi connectivity index (χ2n) is 13.9. The quantitative estimate of drug-likeness (QED) is 0.185. The monoisotopic (exact) mass is 656 g/mol. The van der Waals surface area contributed by atoms with Crippen LogP contribution in [0.5, 0.6) is 0 Å². The summed E-state index contributed by atoms with van der Waals surface area (Å²) in [4.78, 5) is 6.87. The van der Waals surface area contributed by atoms with Crippen LogP contribution in [0.15, 0.2) is 159 Å². The Morgan fingerprint density at radius 2 is 1.49 bits per heavy atom. The van der Waals surface area contributed by atoms with Crippen molar-refractivity contribution in [2.24, 2.45) is 0 Å². The molecule has 10 rings (SSSR count). The number of hydrogen-bond acceptors (Lipinski definition) is 2. The zero-order chi connectivity index (χ0) is 34.2. The highest BCUT2D eigenvalue weighted by molar-refractivity contribution is 6.22. The second kappa shape index (κ2) is 11.3. The van der Waals surface area contributed by atoms with Crippen LogP contribution >= 0.6 is 0 Å². The molecule has 4 nitrogen and oxygen atoms in total. The van der Waals surface area contributed by atoms with Gasteiger partial charge >= 0.3 is 0 Å². The third kappa shape index (κ3) is 4.43. The minimum atomic E-state index is 0.317. The molecule has 1 atom stereocenters. The molecule has 8 aromatic rings. The molecule has 5 heterocycles. The lowest BCUT2D eigenvalue weighted by molar-refractivity contribution is 0.785. The lowest BCUT2D eigenvalue weighted by Crippen LogP contribution is -2.13. The summed E-state index contributed by atoms with van der Waals surface area (Å²) < 4.78 is 4.82. The molecule has 244 valence electrons. The molecule has 0 radical (unpaired) electrons. The summed E-state index contributed by atoms with van der Waals surface area (Å²) >= 11 is 0. The second-order valence-corrected chi connectivity index (χ2v) is 13.9. The van der Waals surface area contributed by atoms with Crippen molar-refractivity contribution in [2.45, 2.75) is 26.2 Å². The third-order valence-corrected chi connectivity index (χ3v) is 10.8. The van der Waals surface area contributed by atoms with Gasteiger partial charge in [-0.3, -0.25) is 4.98 Å². The molecule has 0 aliphatic carbocycles. The summed E-state index contributed by atoms with van der Waals surface area (Å²) in [6.07, 6.45) is 20.2. The number of para-hydroxylation sites is 1. The molecule has 2 aliphatic heterocycles. The van der Waals surface area contributed by atoms with E-state index >= 15 is 0 Å². The Morgan fingerprint density at radius 3 is 2.35 bits per heavy atom. The summed E-state index contributed by atoms with van der Waals surface area (Å²) in [5.41, 5.74) is 12.8. The fourth-order valence-electron chi connectivity index (χ4n) is 8.39. The van der Waals surface area contributed by atoms with Gasteiger partial charge in [0.15, 0.2) is 0 Å². The zero-order valence-electron chi connectivity index (χ0n) is 28.7. The first-order chi connectivity index (χ1) is 25.1. The van der Waals surface area contributed by atoms with E-state index in [1.54, 1.807) is 0 Å². The topological polar surface area (TPSA) is 26.0 Å². The van der Waals surface area contributed by atoms with Crippen LogP contribution in [0.3, 0.4) is 0 Å². The zero-order valence-corrected chi connectivity index (χ0v) is 28.7. The normalized spacial score (nSPS) is 18.9. The first kappa shape index (κ1) is 29.5. The highest BCUT2D eigenvalue weighted by atomic mass is 15.1. The molecule has 0 N–H and O–H groups in total. The Labute approximate surface area is 296 Å². The Hall–Kier alpha value is -6.39. The maximum Gasteiger partial charge on any atom is 0.0724 e. The van der Waals surface area contributed by atoms with Crippen LogP contribution in [0.4, 0.5) is 11.4 Å². The summed E-state index contributed by atoms with van der Waals surface area (Å²) in [5, 5.41) is 7.41. The average Bonchev–Trinajstić information content (AvgIpc) is 3.68. The number of fused-ring (bicyclic) bond motifs is 9. The SMILES string of the molecule is C=C1/C=C\C=C/N(c2ccc(-n3c4ccccc4c4ccncc43)cc2)c2c1cc1c3c2c2cc4ccccc4cc2n3/C(C)=C/C=C\C[C@H]1C. The van der Waals surface area contributed by atoms with E-state index in [9.17, 15) is 0 Å². The van der Waals surface area contributed by atoms with Gasteiger partial charge in [-0.2, -0.15) is 0 Å². The Balaban J connectivity index is 1.27. The standard InChI is InChI=1S/C47H36N4/c1-30-13-10-11-25-49(35-19-21-36(22-20-35)51-42-18-9-8-17-37(42)38-23-24-48-29-44(38)51)46-39(30)28-40-31(2)12-4-5-14-32(3)50-43-27-34-16-7-6-15-33(34)26-41(43)45(46)47(40)50/h4-11,13-29,31H,1,12H2,2-3H3/b5-4-,13-10-,25-11-,32-14+/t31-/m1/s1. The summed E-state index contributed by atoms with van der Waals surface area (Å²) in [5.74, 6) is 0.317. The molecule has 2 aliphatic rings. The van der Waals surface area contributed by atoms with Gasteiger partial charge in [0.05, 0.1) is 34.0 Å². The predicted octanol–water partition coefficient (Wildman–Crippen LogP) is 12.6. The maximum atomic E-state index is 4.64. The van der Waals surface area contributed by atoms with E-state index in [1.165, 1.54) is 60.1 Å². The third-order valence-electron chi connectivity index (χ3n) is 10.8. The fraction of sp³-hybridized carbons (Fsp3) is 0.0851. The smallest absolute Gasteiger partial charge is 0.0724 e. The molecule has 0 spiro atoms. The van der Waals surface area contributed by atoms with Crippen molar-refractivity contribution < 1.29 is 0 Å². The molecule has 0 saturated carbocycles. The molecule has 4 heteroatoms. The molecule has 0 saturated heterocycles. The number of nitrogens with zero attached hydrogens (tertiary/aromatic N) is 4. The van der Waals surface area contributed by atoms with Gasteiger partial charge in [0.25, 0.3) is 0 Å². The Kier molecular flexibility index (Phi) is 6.56. The molecule has 0 fully saturated rings. The van der Waals surface area contributed by atoms with Gasteiger partial charge < -0.3 is 14.0 Å². The van der Waals surface area contributed by atoms with E-state index in [2.05, 4.69) is 179 Å². The predicted molar refractivity (Wildman–Crippen MR) is 217 cm³/mol. The molecule has 5 aromatic carbocycles. The van der Waals surface area contributed by atoms with Gasteiger partial charge in [-0.05, 0) is 108 Å². The maximum absolute atomic E-state index is 4.64. The van der Waals surface area contributed by atoms with Gasteiger partial charge in [0, 0.05) is 56.6 Å². The summed E-state index contributed by atoms with van der Waals surface area (Å²) in [7, 11) is 0. The number of anilines is 2. The van der Waals surface area contributed by atoms with Crippen LogP contribution in [0, 0.1) is 0 Å². The first-order valence-corrected chi connectivity index (χ1v) is 17.7. The summed E-state index contributed by atoms with van der Waals surface area (Å²) in [6, 6.07) is 35.6. The molecule has 0 amide bonds. The van der Waals surface area contributed by atoms with Crippen molar-refractivity contribution in [3.8, 4) is 5.69 Å². The van der Waals surface area contributed by atoms with Crippen molar-refractivity contribution >= 4 is 77.0 Å². The number of hydrogen-bond donors (Lipinski definition) is 0. The largest absolute Gasteiger partial charge is 0.316 e. The molecule has 51 heavy (non-hydrogen) atoms. The van der Waals surface area contributed by atoms with Crippen LogP contribution in [-0.4, -0.2) is 14.1 Å². The van der Waals surface area contributed by atoms with E-state index in [1.807, 2.05) is 12.4 Å².